The minimum atomic E-state index is -3.63. The number of sulfonamides is 1. The Balaban J connectivity index is 1.64. The number of fused-ring (bicyclic) bond motifs is 1. The van der Waals surface area contributed by atoms with Gasteiger partial charge in [-0.05, 0) is 69.0 Å². The van der Waals surface area contributed by atoms with Crippen LogP contribution in [0.5, 0.6) is 0 Å². The summed E-state index contributed by atoms with van der Waals surface area (Å²) in [7, 11) is -3.63. The van der Waals surface area contributed by atoms with Crippen LogP contribution in [0.1, 0.15) is 30.9 Å². The number of hydrogen-bond acceptors (Lipinski definition) is 5. The predicted octanol–water partition coefficient (Wildman–Crippen LogP) is 3.88. The molecule has 4 rings (SSSR count). The molecule has 1 aromatic heterocycles. The lowest BCUT2D eigenvalue weighted by Gasteiger charge is -2.30. The van der Waals surface area contributed by atoms with E-state index in [0.29, 0.717) is 43.9 Å². The summed E-state index contributed by atoms with van der Waals surface area (Å²) in [6.45, 7) is 8.43. The number of thiazole rings is 1. The highest BCUT2D eigenvalue weighted by molar-refractivity contribution is 7.89. The maximum absolute atomic E-state index is 13.2. The smallest absolute Gasteiger partial charge is 0.252 e. The Labute approximate surface area is 204 Å². The van der Waals surface area contributed by atoms with Crippen molar-refractivity contribution in [1.82, 2.24) is 8.87 Å². The maximum Gasteiger partial charge on any atom is 0.252 e. The standard InChI is InChI=1S/C25H31N3O4S2/c1-4-32-14-13-28-22-15-18(2)19(3)16-23(22)33-25(28)26-24(29)20-9-8-12-27(17-20)34(30,31)21-10-6-5-7-11-21/h5-7,10-11,15-16,20H,4,8-9,12-14,17H2,1-3H3. The minimum Gasteiger partial charge on any atom is -0.380 e. The first-order chi connectivity index (χ1) is 16.3. The molecule has 2 aromatic carbocycles. The number of carbonyl (C=O) groups is 1. The van der Waals surface area contributed by atoms with Crippen molar-refractivity contribution in [1.29, 1.82) is 0 Å². The average Bonchev–Trinajstić information content (AvgIpc) is 3.15. The van der Waals surface area contributed by atoms with Crippen LogP contribution in [0.3, 0.4) is 0 Å². The third kappa shape index (κ3) is 5.17. The molecule has 1 aliphatic rings. The van der Waals surface area contributed by atoms with Crippen molar-refractivity contribution in [2.24, 2.45) is 10.9 Å². The lowest BCUT2D eigenvalue weighted by Crippen LogP contribution is -2.42. The molecule has 3 aromatic rings. The fraction of sp³-hybridized carbons (Fsp3) is 0.440. The molecule has 1 atom stereocenters. The number of hydrogen-bond donors (Lipinski definition) is 0. The van der Waals surface area contributed by atoms with Gasteiger partial charge < -0.3 is 9.30 Å². The van der Waals surface area contributed by atoms with Crippen LogP contribution in [0, 0.1) is 19.8 Å². The largest absolute Gasteiger partial charge is 0.380 e. The van der Waals surface area contributed by atoms with Crippen LogP contribution in [0.15, 0.2) is 52.4 Å². The van der Waals surface area contributed by atoms with Gasteiger partial charge in [0, 0.05) is 26.2 Å². The number of rotatable bonds is 7. The average molecular weight is 502 g/mol. The summed E-state index contributed by atoms with van der Waals surface area (Å²) in [4.78, 5) is 18.6. The van der Waals surface area contributed by atoms with E-state index >= 15 is 0 Å². The van der Waals surface area contributed by atoms with Crippen LogP contribution >= 0.6 is 11.3 Å². The summed E-state index contributed by atoms with van der Waals surface area (Å²) in [5.41, 5.74) is 3.41. The third-order valence-corrected chi connectivity index (χ3v) is 9.20. The SMILES string of the molecule is CCOCCn1c(=NC(=O)C2CCCN(S(=O)(=O)c3ccccc3)C2)sc2cc(C)c(C)cc21. The maximum atomic E-state index is 13.2. The van der Waals surface area contributed by atoms with Gasteiger partial charge in [0.25, 0.3) is 5.91 Å². The van der Waals surface area contributed by atoms with Gasteiger partial charge in [-0.15, -0.1) is 0 Å². The van der Waals surface area contributed by atoms with E-state index in [-0.39, 0.29) is 17.3 Å². The van der Waals surface area contributed by atoms with E-state index in [1.165, 1.54) is 26.8 Å². The summed E-state index contributed by atoms with van der Waals surface area (Å²) in [5.74, 6) is -0.723. The molecule has 182 valence electrons. The number of ether oxygens (including phenoxy) is 1. The molecule has 2 heterocycles. The predicted molar refractivity (Wildman–Crippen MR) is 134 cm³/mol. The van der Waals surface area contributed by atoms with Crippen molar-refractivity contribution < 1.29 is 17.9 Å². The van der Waals surface area contributed by atoms with E-state index in [4.69, 9.17) is 4.74 Å². The lowest BCUT2D eigenvalue weighted by atomic mass is 9.99. The second-order valence-corrected chi connectivity index (χ2v) is 11.5. The zero-order valence-electron chi connectivity index (χ0n) is 19.9. The van der Waals surface area contributed by atoms with Crippen LogP contribution in [0.25, 0.3) is 10.2 Å². The highest BCUT2D eigenvalue weighted by atomic mass is 32.2. The number of aryl methyl sites for hydroxylation is 2. The molecule has 0 aliphatic carbocycles. The summed E-state index contributed by atoms with van der Waals surface area (Å²) in [6.07, 6.45) is 1.26. The Kier molecular flexibility index (Phi) is 7.67. The molecule has 1 unspecified atom stereocenters. The van der Waals surface area contributed by atoms with Gasteiger partial charge in [-0.25, -0.2) is 8.42 Å². The fourth-order valence-electron chi connectivity index (χ4n) is 4.21. The number of aromatic nitrogens is 1. The topological polar surface area (TPSA) is 81.0 Å². The second kappa shape index (κ2) is 10.5. The number of amides is 1. The molecule has 1 fully saturated rings. The highest BCUT2D eigenvalue weighted by Crippen LogP contribution is 2.25. The Hall–Kier alpha value is -2.33. The van der Waals surface area contributed by atoms with E-state index in [0.717, 1.165) is 10.2 Å². The van der Waals surface area contributed by atoms with Gasteiger partial charge in [0.15, 0.2) is 4.80 Å². The summed E-state index contributed by atoms with van der Waals surface area (Å²) < 4.78 is 36.2. The van der Waals surface area contributed by atoms with E-state index in [1.54, 1.807) is 30.3 Å². The summed E-state index contributed by atoms with van der Waals surface area (Å²) in [5, 5.41) is 0. The fourth-order valence-corrected chi connectivity index (χ4v) is 6.90. The van der Waals surface area contributed by atoms with Crippen LogP contribution in [-0.2, 0) is 26.1 Å². The van der Waals surface area contributed by atoms with Crippen molar-refractivity contribution >= 4 is 37.5 Å². The van der Waals surface area contributed by atoms with E-state index in [9.17, 15) is 13.2 Å². The molecule has 0 spiro atoms. The van der Waals surface area contributed by atoms with Crippen LogP contribution in [0.4, 0.5) is 0 Å². The first-order valence-corrected chi connectivity index (χ1v) is 13.9. The highest BCUT2D eigenvalue weighted by Gasteiger charge is 2.33. The Morgan fingerprint density at radius 1 is 1.18 bits per heavy atom. The van der Waals surface area contributed by atoms with Gasteiger partial charge in [0.2, 0.25) is 10.0 Å². The van der Waals surface area contributed by atoms with Crippen molar-refractivity contribution in [2.45, 2.75) is 45.1 Å². The molecule has 0 radical (unpaired) electrons. The molecule has 0 bridgehead atoms. The Bertz CT molecular complexity index is 1340. The second-order valence-electron chi connectivity index (χ2n) is 8.60. The molecule has 0 N–H and O–H groups in total. The van der Waals surface area contributed by atoms with Gasteiger partial charge in [-0.1, -0.05) is 29.5 Å². The molecule has 9 heteroatoms. The number of carbonyl (C=O) groups excluding carboxylic acids is 1. The summed E-state index contributed by atoms with van der Waals surface area (Å²) in [6, 6.07) is 12.6. The van der Waals surface area contributed by atoms with Gasteiger partial charge in [-0.2, -0.15) is 9.30 Å². The van der Waals surface area contributed by atoms with Crippen LogP contribution in [-0.4, -0.2) is 49.5 Å². The molecule has 1 aliphatic heterocycles. The molecule has 7 nitrogen and oxygen atoms in total. The van der Waals surface area contributed by atoms with Gasteiger partial charge in [0.1, 0.15) is 0 Å². The number of benzene rings is 2. The lowest BCUT2D eigenvalue weighted by molar-refractivity contribution is -0.122. The van der Waals surface area contributed by atoms with Gasteiger partial charge in [-0.3, -0.25) is 4.79 Å². The molecular formula is C25H31N3O4S2. The van der Waals surface area contributed by atoms with Crippen LogP contribution in [0.2, 0.25) is 0 Å². The minimum absolute atomic E-state index is 0.154. The van der Waals surface area contributed by atoms with Gasteiger partial charge >= 0.3 is 0 Å². The summed E-state index contributed by atoms with van der Waals surface area (Å²) >= 11 is 1.49. The Morgan fingerprint density at radius 3 is 2.65 bits per heavy atom. The molecule has 1 amide bonds. The Morgan fingerprint density at radius 2 is 1.91 bits per heavy atom. The molecular weight excluding hydrogens is 470 g/mol. The van der Waals surface area contributed by atoms with Crippen molar-refractivity contribution in [3.63, 3.8) is 0 Å². The van der Waals surface area contributed by atoms with Crippen molar-refractivity contribution in [3.05, 3.63) is 58.4 Å². The first-order valence-electron chi connectivity index (χ1n) is 11.6. The molecule has 34 heavy (non-hydrogen) atoms. The van der Waals surface area contributed by atoms with E-state index in [1.807, 2.05) is 11.5 Å². The van der Waals surface area contributed by atoms with Gasteiger partial charge in [0.05, 0.1) is 27.6 Å². The molecule has 1 saturated heterocycles. The van der Waals surface area contributed by atoms with Crippen LogP contribution < -0.4 is 4.80 Å². The normalized spacial score (nSPS) is 18.0. The van der Waals surface area contributed by atoms with Crippen molar-refractivity contribution in [2.75, 3.05) is 26.3 Å². The zero-order chi connectivity index (χ0) is 24.3. The zero-order valence-corrected chi connectivity index (χ0v) is 21.5. The number of piperidine rings is 1. The third-order valence-electron chi connectivity index (χ3n) is 6.28. The quantitative estimate of drug-likeness (QED) is 0.460. The van der Waals surface area contributed by atoms with Crippen molar-refractivity contribution in [3.8, 4) is 0 Å². The molecule has 0 saturated carbocycles. The first kappa shape index (κ1) is 24.8. The van der Waals surface area contributed by atoms with E-state index < -0.39 is 15.9 Å². The monoisotopic (exact) mass is 501 g/mol. The number of nitrogens with zero attached hydrogens (tertiary/aromatic N) is 3. The van der Waals surface area contributed by atoms with E-state index in [2.05, 4.69) is 31.0 Å².